The van der Waals surface area contributed by atoms with Gasteiger partial charge in [0.1, 0.15) is 22.6 Å². The Bertz CT molecular complexity index is 861. The molecule has 1 aromatic rings. The van der Waals surface area contributed by atoms with Crippen LogP contribution in [0.5, 0.6) is 0 Å². The third kappa shape index (κ3) is 3.54. The van der Waals surface area contributed by atoms with Gasteiger partial charge >= 0.3 is 6.09 Å². The van der Waals surface area contributed by atoms with Crippen molar-refractivity contribution in [3.05, 3.63) is 27.7 Å². The van der Waals surface area contributed by atoms with Crippen LogP contribution in [0.3, 0.4) is 0 Å². The van der Waals surface area contributed by atoms with Gasteiger partial charge in [-0.3, -0.25) is 19.5 Å². The summed E-state index contributed by atoms with van der Waals surface area (Å²) in [6.07, 6.45) is -1.78. The Morgan fingerprint density at radius 3 is 2.37 bits per heavy atom. The third-order valence-electron chi connectivity index (χ3n) is 4.83. The second kappa shape index (κ2) is 6.03. The molecule has 0 radical (unpaired) electrons. The number of carbonyl (C=O) groups excluding carboxylic acids is 2. The fourth-order valence-corrected chi connectivity index (χ4v) is 3.64. The van der Waals surface area contributed by atoms with Crippen LogP contribution < -0.4 is 16.2 Å². The van der Waals surface area contributed by atoms with E-state index in [-0.39, 0.29) is 24.2 Å². The van der Waals surface area contributed by atoms with Gasteiger partial charge in [0, 0.05) is 12.8 Å². The number of halogens is 2. The fourth-order valence-electron chi connectivity index (χ4n) is 3.64. The topological polar surface area (TPSA) is 89.4 Å². The van der Waals surface area contributed by atoms with Crippen LogP contribution in [0.1, 0.15) is 62.5 Å². The molecule has 0 bridgehead atoms. The van der Waals surface area contributed by atoms with Crippen LogP contribution in [0.25, 0.3) is 0 Å². The third-order valence-corrected chi connectivity index (χ3v) is 4.83. The number of aromatic nitrogens is 1. The highest BCUT2D eigenvalue weighted by atomic mass is 19.3. The van der Waals surface area contributed by atoms with Crippen LogP contribution in [0, 0.1) is 6.92 Å². The average molecular weight is 383 g/mol. The van der Waals surface area contributed by atoms with E-state index >= 15 is 0 Å². The normalized spacial score (nSPS) is 20.1. The highest BCUT2D eigenvalue weighted by Crippen LogP contribution is 2.43. The maximum atomic E-state index is 13.6. The van der Waals surface area contributed by atoms with Gasteiger partial charge in [0.15, 0.2) is 0 Å². The van der Waals surface area contributed by atoms with Crippen molar-refractivity contribution < 1.29 is 23.1 Å². The molecule has 0 atom stereocenters. The van der Waals surface area contributed by atoms with E-state index in [9.17, 15) is 23.2 Å². The number of pyridine rings is 1. The Morgan fingerprint density at radius 2 is 1.81 bits per heavy atom. The molecule has 7 nitrogen and oxygen atoms in total. The summed E-state index contributed by atoms with van der Waals surface area (Å²) in [5.74, 6) is -3.29. The number of hydrogen-bond acceptors (Lipinski definition) is 4. The van der Waals surface area contributed by atoms with Crippen LogP contribution >= 0.6 is 0 Å². The molecular weight excluding hydrogens is 360 g/mol. The molecule has 0 aromatic carbocycles. The van der Waals surface area contributed by atoms with Gasteiger partial charge in [-0.1, -0.05) is 0 Å². The maximum absolute atomic E-state index is 13.6. The second-order valence-corrected chi connectivity index (χ2v) is 8.20. The van der Waals surface area contributed by atoms with Crippen LogP contribution in [0.2, 0.25) is 0 Å². The van der Waals surface area contributed by atoms with Gasteiger partial charge in [0.2, 0.25) is 5.92 Å². The molecule has 0 unspecified atom stereocenters. The van der Waals surface area contributed by atoms with Gasteiger partial charge in [-0.25, -0.2) is 13.6 Å². The van der Waals surface area contributed by atoms with Crippen LogP contribution in [-0.2, 0) is 10.4 Å². The Kier molecular flexibility index (Phi) is 4.32. The van der Waals surface area contributed by atoms with Crippen molar-refractivity contribution in [3.8, 4) is 0 Å². The molecule has 1 aromatic heterocycles. The minimum Gasteiger partial charge on any atom is -0.444 e. The number of aryl methyl sites for hydroxylation is 1. The number of carbonyl (C=O) groups is 2. The monoisotopic (exact) mass is 383 g/mol. The number of ether oxygens (including phenoxy) is 1. The SMILES string of the molecule is Cc1cc(NC(=O)OC(C)(C)C)c(=O)n2c1C(=O)NC21CCC(F)(F)CC1. The molecule has 0 saturated heterocycles. The number of anilines is 1. The van der Waals surface area contributed by atoms with Gasteiger partial charge in [-0.15, -0.1) is 0 Å². The van der Waals surface area contributed by atoms with E-state index < -0.39 is 47.6 Å². The van der Waals surface area contributed by atoms with Gasteiger partial charge in [0.25, 0.3) is 11.5 Å². The molecule has 2 heterocycles. The van der Waals surface area contributed by atoms with Crippen molar-refractivity contribution >= 4 is 17.7 Å². The van der Waals surface area contributed by atoms with E-state index in [1.807, 2.05) is 0 Å². The first-order valence-electron chi connectivity index (χ1n) is 8.81. The summed E-state index contributed by atoms with van der Waals surface area (Å²) in [5, 5.41) is 5.13. The minimum atomic E-state index is -2.82. The summed E-state index contributed by atoms with van der Waals surface area (Å²) in [4.78, 5) is 37.5. The minimum absolute atomic E-state index is 0.0568. The zero-order valence-corrected chi connectivity index (χ0v) is 15.7. The van der Waals surface area contributed by atoms with Gasteiger partial charge in [-0.2, -0.15) is 0 Å². The summed E-state index contributed by atoms with van der Waals surface area (Å²) in [6, 6.07) is 1.40. The molecule has 27 heavy (non-hydrogen) atoms. The largest absolute Gasteiger partial charge is 0.444 e. The highest BCUT2D eigenvalue weighted by molar-refractivity contribution is 5.97. The van der Waals surface area contributed by atoms with E-state index in [0.717, 1.165) is 0 Å². The number of nitrogens with zero attached hydrogens (tertiary/aromatic N) is 1. The molecule has 148 valence electrons. The Balaban J connectivity index is 2.02. The molecule has 1 aliphatic heterocycles. The summed E-state index contributed by atoms with van der Waals surface area (Å²) in [6.45, 7) is 6.69. The second-order valence-electron chi connectivity index (χ2n) is 8.20. The zero-order valence-electron chi connectivity index (χ0n) is 15.7. The molecule has 9 heteroatoms. The molecule has 1 spiro atoms. The molecule has 1 saturated carbocycles. The van der Waals surface area contributed by atoms with Crippen molar-refractivity contribution in [3.63, 3.8) is 0 Å². The molecule has 2 N–H and O–H groups in total. The van der Waals surface area contributed by atoms with Gasteiger partial charge < -0.3 is 10.1 Å². The lowest BCUT2D eigenvalue weighted by Gasteiger charge is -2.38. The summed E-state index contributed by atoms with van der Waals surface area (Å²) >= 11 is 0. The summed E-state index contributed by atoms with van der Waals surface area (Å²) < 4.78 is 33.6. The maximum Gasteiger partial charge on any atom is 0.412 e. The number of fused-ring (bicyclic) bond motifs is 2. The van der Waals surface area contributed by atoms with Crippen LogP contribution in [0.15, 0.2) is 10.9 Å². The summed E-state index contributed by atoms with van der Waals surface area (Å²) in [5.41, 5.74) is -2.02. The number of rotatable bonds is 1. The molecule has 2 aliphatic rings. The van der Waals surface area contributed by atoms with Crippen molar-refractivity contribution in [1.82, 2.24) is 9.88 Å². The lowest BCUT2D eigenvalue weighted by molar-refractivity contribution is -0.0667. The lowest BCUT2D eigenvalue weighted by atomic mass is 9.86. The Hall–Kier alpha value is -2.45. The molecular formula is C18H23F2N3O4. The standard InChI is InChI=1S/C18H23F2N3O4/c1-10-9-11(21-15(26)27-16(2,3)4)14(25)23-12(10)13(24)22-18(23)7-5-17(19,20)6-8-18/h9H,5-8H2,1-4H3,(H,21,26)(H,22,24). The van der Waals surface area contributed by atoms with E-state index in [4.69, 9.17) is 4.74 Å². The fraction of sp³-hybridized carbons (Fsp3) is 0.611. The van der Waals surface area contributed by atoms with E-state index in [1.54, 1.807) is 27.7 Å². The highest BCUT2D eigenvalue weighted by Gasteiger charge is 2.51. The van der Waals surface area contributed by atoms with Crippen molar-refractivity contribution in [2.75, 3.05) is 5.32 Å². The van der Waals surface area contributed by atoms with Gasteiger partial charge in [-0.05, 0) is 52.2 Å². The quantitative estimate of drug-likeness (QED) is 0.780. The zero-order chi connectivity index (χ0) is 20.2. The van der Waals surface area contributed by atoms with Gasteiger partial charge in [0.05, 0.1) is 0 Å². The van der Waals surface area contributed by atoms with Crippen LogP contribution in [-0.4, -0.2) is 28.1 Å². The van der Waals surface area contributed by atoms with E-state index in [0.29, 0.717) is 5.56 Å². The predicted molar refractivity (Wildman–Crippen MR) is 94.2 cm³/mol. The first-order valence-corrected chi connectivity index (χ1v) is 8.81. The first-order chi connectivity index (χ1) is 12.3. The average Bonchev–Trinajstić information content (AvgIpc) is 2.79. The van der Waals surface area contributed by atoms with Crippen molar-refractivity contribution in [2.45, 2.75) is 70.6 Å². The van der Waals surface area contributed by atoms with E-state index in [1.165, 1.54) is 10.6 Å². The number of amides is 2. The number of hydrogen-bond donors (Lipinski definition) is 2. The molecule has 1 fully saturated rings. The lowest BCUT2D eigenvalue weighted by Crippen LogP contribution is -2.51. The summed E-state index contributed by atoms with van der Waals surface area (Å²) in [7, 11) is 0. The number of alkyl halides is 2. The molecule has 2 amide bonds. The molecule has 1 aliphatic carbocycles. The van der Waals surface area contributed by atoms with E-state index in [2.05, 4.69) is 10.6 Å². The number of nitrogens with one attached hydrogen (secondary N) is 2. The Labute approximate surface area is 155 Å². The smallest absolute Gasteiger partial charge is 0.412 e. The Morgan fingerprint density at radius 1 is 1.22 bits per heavy atom. The first kappa shape index (κ1) is 19.3. The predicted octanol–water partition coefficient (Wildman–Crippen LogP) is 3.11. The molecule has 3 rings (SSSR count). The van der Waals surface area contributed by atoms with Crippen LogP contribution in [0.4, 0.5) is 19.3 Å². The van der Waals surface area contributed by atoms with Crippen molar-refractivity contribution in [1.29, 1.82) is 0 Å². The van der Waals surface area contributed by atoms with Crippen molar-refractivity contribution in [2.24, 2.45) is 0 Å².